The van der Waals surface area contributed by atoms with Gasteiger partial charge in [0.05, 0.1) is 6.54 Å². The summed E-state index contributed by atoms with van der Waals surface area (Å²) < 4.78 is 5.51. The Morgan fingerprint density at radius 3 is 2.53 bits per heavy atom. The maximum absolute atomic E-state index is 11.5. The summed E-state index contributed by atoms with van der Waals surface area (Å²) in [6.45, 7) is 0.475. The van der Waals surface area contributed by atoms with Crippen molar-refractivity contribution in [3.63, 3.8) is 0 Å². The van der Waals surface area contributed by atoms with Crippen molar-refractivity contribution in [3.05, 3.63) is 35.9 Å². The predicted molar refractivity (Wildman–Crippen MR) is 56.3 cm³/mol. The third-order valence-corrected chi connectivity index (χ3v) is 2.89. The Morgan fingerprint density at radius 1 is 1.40 bits per heavy atom. The van der Waals surface area contributed by atoms with E-state index < -0.39 is 5.72 Å². The Hall–Kier alpha value is -1.55. The number of methoxy groups -OCH3 is 1. The molecule has 1 atom stereocenters. The number of hydrogen-bond donors (Lipinski definition) is 1. The number of likely N-dealkylation sites (N-methyl/N-ethyl adjacent to an activating group) is 1. The van der Waals surface area contributed by atoms with Gasteiger partial charge in [-0.25, -0.2) is 4.79 Å². The molecule has 1 N–H and O–H groups in total. The van der Waals surface area contributed by atoms with Crippen molar-refractivity contribution in [2.45, 2.75) is 5.72 Å². The Morgan fingerprint density at radius 2 is 2.07 bits per heavy atom. The van der Waals surface area contributed by atoms with E-state index in [1.54, 1.807) is 19.1 Å². The normalized spacial score (nSPS) is 25.5. The number of nitrogens with one attached hydrogen (secondary N) is 1. The molecule has 80 valence electrons. The average Bonchev–Trinajstić information content (AvgIpc) is 2.59. The van der Waals surface area contributed by atoms with E-state index in [0.29, 0.717) is 6.54 Å². The maximum Gasteiger partial charge on any atom is 0.319 e. The molecule has 0 saturated carbocycles. The number of rotatable bonds is 2. The van der Waals surface area contributed by atoms with Gasteiger partial charge in [-0.3, -0.25) is 4.90 Å². The molecule has 1 fully saturated rings. The minimum atomic E-state index is -0.668. The van der Waals surface area contributed by atoms with Gasteiger partial charge in [0.25, 0.3) is 0 Å². The number of amides is 2. The molecule has 1 aliphatic rings. The Bertz CT molecular complexity index is 366. The second-order valence-electron chi connectivity index (χ2n) is 3.57. The van der Waals surface area contributed by atoms with Crippen LogP contribution in [0.25, 0.3) is 0 Å². The molecule has 4 nitrogen and oxygen atoms in total. The van der Waals surface area contributed by atoms with Crippen molar-refractivity contribution in [1.29, 1.82) is 0 Å². The van der Waals surface area contributed by atoms with Crippen molar-refractivity contribution in [2.24, 2.45) is 0 Å². The lowest BCUT2D eigenvalue weighted by atomic mass is 10.0. The van der Waals surface area contributed by atoms with Gasteiger partial charge in [-0.2, -0.15) is 0 Å². The highest BCUT2D eigenvalue weighted by molar-refractivity contribution is 5.77. The van der Waals surface area contributed by atoms with Crippen LogP contribution in [0.15, 0.2) is 30.3 Å². The van der Waals surface area contributed by atoms with Crippen LogP contribution in [0.5, 0.6) is 0 Å². The van der Waals surface area contributed by atoms with Gasteiger partial charge < -0.3 is 10.1 Å². The number of carbonyl (C=O) groups excluding carboxylic acids is 1. The lowest BCUT2D eigenvalue weighted by molar-refractivity contribution is -0.0842. The zero-order valence-corrected chi connectivity index (χ0v) is 8.86. The zero-order chi connectivity index (χ0) is 10.9. The van der Waals surface area contributed by atoms with Crippen LogP contribution in [0.3, 0.4) is 0 Å². The molecule has 2 amide bonds. The molecule has 0 radical (unpaired) electrons. The number of nitrogens with zero attached hydrogens (tertiary/aromatic N) is 1. The first-order chi connectivity index (χ1) is 7.20. The fourth-order valence-corrected chi connectivity index (χ4v) is 1.92. The summed E-state index contributed by atoms with van der Waals surface area (Å²) in [6, 6.07) is 9.62. The first kappa shape index (κ1) is 9.98. The summed E-state index contributed by atoms with van der Waals surface area (Å²) in [5, 5.41) is 2.77. The largest absolute Gasteiger partial charge is 0.353 e. The van der Waals surface area contributed by atoms with Crippen LogP contribution in [0, 0.1) is 0 Å². The van der Waals surface area contributed by atoms with Crippen LogP contribution in [-0.4, -0.2) is 31.6 Å². The van der Waals surface area contributed by atoms with Crippen molar-refractivity contribution in [1.82, 2.24) is 10.2 Å². The molecule has 0 spiro atoms. The Kier molecular flexibility index (Phi) is 2.36. The second-order valence-corrected chi connectivity index (χ2v) is 3.57. The molecule has 1 heterocycles. The molecule has 4 heteroatoms. The van der Waals surface area contributed by atoms with Crippen molar-refractivity contribution in [2.75, 3.05) is 20.7 Å². The van der Waals surface area contributed by atoms with E-state index in [9.17, 15) is 4.79 Å². The van der Waals surface area contributed by atoms with Gasteiger partial charge in [0.2, 0.25) is 0 Å². The zero-order valence-electron chi connectivity index (χ0n) is 8.86. The summed E-state index contributed by atoms with van der Waals surface area (Å²) in [7, 11) is 3.35. The van der Waals surface area contributed by atoms with Gasteiger partial charge >= 0.3 is 6.03 Å². The third-order valence-electron chi connectivity index (χ3n) is 2.89. The molecule has 1 aromatic carbocycles. The van der Waals surface area contributed by atoms with Gasteiger partial charge in [0, 0.05) is 19.7 Å². The molecule has 1 aliphatic heterocycles. The number of urea groups is 1. The number of ether oxygens (including phenoxy) is 1. The molecule has 0 bridgehead atoms. The quantitative estimate of drug-likeness (QED) is 0.788. The SMILES string of the molecule is COC1(c2ccccc2)CNC(=O)N1C. The van der Waals surface area contributed by atoms with E-state index in [1.165, 1.54) is 0 Å². The number of carbonyl (C=O) groups is 1. The van der Waals surface area contributed by atoms with Gasteiger partial charge in [0.1, 0.15) is 0 Å². The first-order valence-electron chi connectivity index (χ1n) is 4.83. The van der Waals surface area contributed by atoms with E-state index in [-0.39, 0.29) is 6.03 Å². The number of hydrogen-bond acceptors (Lipinski definition) is 2. The molecule has 1 unspecified atom stereocenters. The monoisotopic (exact) mass is 206 g/mol. The molecule has 0 aromatic heterocycles. The van der Waals surface area contributed by atoms with E-state index in [2.05, 4.69) is 5.32 Å². The van der Waals surface area contributed by atoms with Crippen LogP contribution in [0.4, 0.5) is 4.79 Å². The molecule has 1 aromatic rings. The summed E-state index contributed by atoms with van der Waals surface area (Å²) in [5.74, 6) is 0. The van der Waals surface area contributed by atoms with E-state index in [4.69, 9.17) is 4.74 Å². The molecule has 2 rings (SSSR count). The highest BCUT2D eigenvalue weighted by atomic mass is 16.5. The fraction of sp³-hybridized carbons (Fsp3) is 0.364. The number of benzene rings is 1. The minimum Gasteiger partial charge on any atom is -0.353 e. The van der Waals surface area contributed by atoms with Crippen molar-refractivity contribution >= 4 is 6.03 Å². The fourth-order valence-electron chi connectivity index (χ4n) is 1.92. The average molecular weight is 206 g/mol. The molecule has 1 saturated heterocycles. The van der Waals surface area contributed by atoms with Crippen LogP contribution in [0.1, 0.15) is 5.56 Å². The van der Waals surface area contributed by atoms with Gasteiger partial charge in [-0.15, -0.1) is 0 Å². The van der Waals surface area contributed by atoms with E-state index >= 15 is 0 Å². The van der Waals surface area contributed by atoms with Crippen LogP contribution >= 0.6 is 0 Å². The second kappa shape index (κ2) is 3.55. The summed E-state index contributed by atoms with van der Waals surface area (Å²) in [5.41, 5.74) is 0.312. The van der Waals surface area contributed by atoms with Gasteiger partial charge in [-0.1, -0.05) is 30.3 Å². The van der Waals surface area contributed by atoms with Crippen LogP contribution < -0.4 is 5.32 Å². The van der Waals surface area contributed by atoms with Crippen molar-refractivity contribution < 1.29 is 9.53 Å². The summed E-state index contributed by atoms with van der Waals surface area (Å²) in [6.07, 6.45) is 0. The minimum absolute atomic E-state index is 0.110. The van der Waals surface area contributed by atoms with Crippen LogP contribution in [0.2, 0.25) is 0 Å². The van der Waals surface area contributed by atoms with Crippen LogP contribution in [-0.2, 0) is 10.5 Å². The van der Waals surface area contributed by atoms with Gasteiger partial charge in [0.15, 0.2) is 5.72 Å². The molecule has 15 heavy (non-hydrogen) atoms. The molecular formula is C11H14N2O2. The maximum atomic E-state index is 11.5. The standard InChI is InChI=1S/C11H14N2O2/c1-13-10(14)12-8-11(13,15-2)9-6-4-3-5-7-9/h3-7H,8H2,1-2H3,(H,12,14). The highest BCUT2D eigenvalue weighted by Gasteiger charge is 2.44. The Balaban J connectivity index is 2.43. The predicted octanol–water partition coefficient (Wildman–Crippen LogP) is 1.14. The summed E-state index contributed by atoms with van der Waals surface area (Å²) in [4.78, 5) is 13.0. The first-order valence-corrected chi connectivity index (χ1v) is 4.83. The lowest BCUT2D eigenvalue weighted by Crippen LogP contribution is -2.43. The molecular weight excluding hydrogens is 192 g/mol. The van der Waals surface area contributed by atoms with Gasteiger partial charge in [-0.05, 0) is 0 Å². The van der Waals surface area contributed by atoms with Crippen molar-refractivity contribution in [3.8, 4) is 0 Å². The topological polar surface area (TPSA) is 41.6 Å². The van der Waals surface area contributed by atoms with E-state index in [1.807, 2.05) is 30.3 Å². The lowest BCUT2D eigenvalue weighted by Gasteiger charge is -2.33. The smallest absolute Gasteiger partial charge is 0.319 e. The van der Waals surface area contributed by atoms with E-state index in [0.717, 1.165) is 5.56 Å². The third kappa shape index (κ3) is 1.37. The summed E-state index contributed by atoms with van der Waals surface area (Å²) >= 11 is 0. The Labute approximate surface area is 88.8 Å². The highest BCUT2D eigenvalue weighted by Crippen LogP contribution is 2.31. The molecule has 0 aliphatic carbocycles.